The Hall–Kier alpha value is -3.13. The molecule has 8 nitrogen and oxygen atoms in total. The number of likely N-dealkylation sites (tertiary alicyclic amines) is 1. The fourth-order valence-corrected chi connectivity index (χ4v) is 5.14. The zero-order valence-corrected chi connectivity index (χ0v) is 18.1. The summed E-state index contributed by atoms with van der Waals surface area (Å²) in [6.45, 7) is 3.79. The average Bonchev–Trinajstić information content (AvgIpc) is 3.60. The standard InChI is InChI=1S/C24H28N4O4/c29-22(20-8-4-11-28(20)24(31)21-9-5-17-32-21)26-15-13-25(14-16-26)19-10-12-27(23(19)30)18-6-2-1-3-7-18/h1-3,5-7,9,17,19-20H,4,8,10-16H2. The lowest BCUT2D eigenvalue weighted by Gasteiger charge is -2.39. The van der Waals surface area contributed by atoms with Crippen LogP contribution in [0.3, 0.4) is 0 Å². The second-order valence-corrected chi connectivity index (χ2v) is 8.63. The van der Waals surface area contributed by atoms with E-state index in [0.29, 0.717) is 39.1 Å². The van der Waals surface area contributed by atoms with Crippen LogP contribution in [0.15, 0.2) is 53.1 Å². The summed E-state index contributed by atoms with van der Waals surface area (Å²) >= 11 is 0. The first-order valence-electron chi connectivity index (χ1n) is 11.4. The topological polar surface area (TPSA) is 77.3 Å². The van der Waals surface area contributed by atoms with Crippen molar-refractivity contribution in [3.8, 4) is 0 Å². The number of carbonyl (C=O) groups is 3. The minimum Gasteiger partial charge on any atom is -0.459 e. The maximum absolute atomic E-state index is 13.2. The maximum atomic E-state index is 13.2. The predicted octanol–water partition coefficient (Wildman–Crippen LogP) is 1.83. The number of furan rings is 1. The Bertz CT molecular complexity index is 969. The van der Waals surface area contributed by atoms with Crippen LogP contribution in [0.25, 0.3) is 0 Å². The first-order chi connectivity index (χ1) is 15.6. The molecule has 3 saturated heterocycles. The molecule has 0 spiro atoms. The summed E-state index contributed by atoms with van der Waals surface area (Å²) in [4.78, 5) is 46.5. The number of para-hydroxylation sites is 1. The monoisotopic (exact) mass is 436 g/mol. The smallest absolute Gasteiger partial charge is 0.290 e. The van der Waals surface area contributed by atoms with E-state index in [1.807, 2.05) is 40.1 Å². The molecule has 2 atom stereocenters. The molecule has 0 aliphatic carbocycles. The zero-order valence-electron chi connectivity index (χ0n) is 18.1. The Morgan fingerprint density at radius 3 is 2.38 bits per heavy atom. The van der Waals surface area contributed by atoms with Crippen LogP contribution in [0.5, 0.6) is 0 Å². The van der Waals surface area contributed by atoms with Crippen molar-refractivity contribution in [3.63, 3.8) is 0 Å². The van der Waals surface area contributed by atoms with E-state index in [4.69, 9.17) is 4.42 Å². The molecule has 3 aliphatic rings. The summed E-state index contributed by atoms with van der Waals surface area (Å²) in [5, 5.41) is 0. The van der Waals surface area contributed by atoms with Crippen molar-refractivity contribution in [3.05, 3.63) is 54.5 Å². The molecule has 1 aromatic heterocycles. The molecule has 0 radical (unpaired) electrons. The summed E-state index contributed by atoms with van der Waals surface area (Å²) in [6, 6.07) is 12.5. The number of anilines is 1. The molecule has 2 aromatic rings. The van der Waals surface area contributed by atoms with Gasteiger partial charge in [0.25, 0.3) is 5.91 Å². The fraction of sp³-hybridized carbons (Fsp3) is 0.458. The van der Waals surface area contributed by atoms with Crippen LogP contribution < -0.4 is 4.90 Å². The van der Waals surface area contributed by atoms with Crippen molar-refractivity contribution in [1.29, 1.82) is 0 Å². The summed E-state index contributed by atoms with van der Waals surface area (Å²) in [5.41, 5.74) is 0.941. The lowest BCUT2D eigenvalue weighted by molar-refractivity contribution is -0.137. The maximum Gasteiger partial charge on any atom is 0.290 e. The second-order valence-electron chi connectivity index (χ2n) is 8.63. The molecule has 4 heterocycles. The molecular formula is C24H28N4O4. The van der Waals surface area contributed by atoms with Crippen molar-refractivity contribution in [2.24, 2.45) is 0 Å². The molecule has 8 heteroatoms. The molecule has 3 amide bonds. The summed E-state index contributed by atoms with van der Waals surface area (Å²) in [7, 11) is 0. The molecule has 168 valence electrons. The van der Waals surface area contributed by atoms with Crippen molar-refractivity contribution in [2.45, 2.75) is 31.3 Å². The Balaban J connectivity index is 1.18. The quantitative estimate of drug-likeness (QED) is 0.731. The van der Waals surface area contributed by atoms with Gasteiger partial charge in [-0.15, -0.1) is 0 Å². The number of rotatable bonds is 4. The van der Waals surface area contributed by atoms with Crippen molar-refractivity contribution >= 4 is 23.4 Å². The third-order valence-corrected chi connectivity index (χ3v) is 6.84. The van der Waals surface area contributed by atoms with Gasteiger partial charge < -0.3 is 19.1 Å². The molecule has 1 aromatic carbocycles. The molecule has 0 bridgehead atoms. The third-order valence-electron chi connectivity index (χ3n) is 6.84. The van der Waals surface area contributed by atoms with E-state index in [9.17, 15) is 14.4 Å². The second kappa shape index (κ2) is 8.78. The van der Waals surface area contributed by atoms with Gasteiger partial charge in [0.1, 0.15) is 6.04 Å². The fourth-order valence-electron chi connectivity index (χ4n) is 5.14. The molecule has 5 rings (SSSR count). The highest BCUT2D eigenvalue weighted by atomic mass is 16.3. The first-order valence-corrected chi connectivity index (χ1v) is 11.4. The Morgan fingerprint density at radius 2 is 1.66 bits per heavy atom. The number of benzene rings is 1. The van der Waals surface area contributed by atoms with Crippen LogP contribution in [-0.2, 0) is 9.59 Å². The van der Waals surface area contributed by atoms with Gasteiger partial charge in [-0.2, -0.15) is 0 Å². The minimum atomic E-state index is -0.430. The number of carbonyl (C=O) groups excluding carboxylic acids is 3. The van der Waals surface area contributed by atoms with Gasteiger partial charge in [0.15, 0.2) is 5.76 Å². The highest BCUT2D eigenvalue weighted by molar-refractivity contribution is 5.99. The van der Waals surface area contributed by atoms with Gasteiger partial charge >= 0.3 is 0 Å². The Labute approximate surface area is 187 Å². The van der Waals surface area contributed by atoms with Crippen molar-refractivity contribution in [2.75, 3.05) is 44.2 Å². The average molecular weight is 437 g/mol. The molecule has 0 saturated carbocycles. The number of hydrogen-bond donors (Lipinski definition) is 0. The first kappa shape index (κ1) is 20.8. The van der Waals surface area contributed by atoms with Gasteiger partial charge in [-0.05, 0) is 43.5 Å². The Morgan fingerprint density at radius 1 is 0.875 bits per heavy atom. The van der Waals surface area contributed by atoms with E-state index in [0.717, 1.165) is 25.1 Å². The van der Waals surface area contributed by atoms with Crippen molar-refractivity contribution in [1.82, 2.24) is 14.7 Å². The minimum absolute atomic E-state index is 0.00529. The van der Waals surface area contributed by atoms with E-state index >= 15 is 0 Å². The van der Waals surface area contributed by atoms with Gasteiger partial charge in [-0.1, -0.05) is 18.2 Å². The molecule has 2 unspecified atom stereocenters. The largest absolute Gasteiger partial charge is 0.459 e. The molecule has 0 N–H and O–H groups in total. The van der Waals surface area contributed by atoms with Crippen LogP contribution in [-0.4, -0.2) is 83.8 Å². The van der Waals surface area contributed by atoms with E-state index in [-0.39, 0.29) is 29.5 Å². The Kier molecular flexibility index (Phi) is 5.70. The normalized spacial score (nSPS) is 24.4. The highest BCUT2D eigenvalue weighted by Crippen LogP contribution is 2.26. The van der Waals surface area contributed by atoms with Gasteiger partial charge in [0.05, 0.1) is 12.3 Å². The van der Waals surface area contributed by atoms with Crippen LogP contribution in [0.4, 0.5) is 5.69 Å². The van der Waals surface area contributed by atoms with Crippen LogP contribution in [0.1, 0.15) is 29.8 Å². The van der Waals surface area contributed by atoms with Gasteiger partial charge in [-0.25, -0.2) is 0 Å². The number of piperazine rings is 1. The van der Waals surface area contributed by atoms with E-state index in [1.54, 1.807) is 17.0 Å². The molecule has 3 aliphatic heterocycles. The number of nitrogens with zero attached hydrogens (tertiary/aromatic N) is 4. The highest BCUT2D eigenvalue weighted by Gasteiger charge is 2.41. The SMILES string of the molecule is O=C(C1CCCN1C(=O)c1ccco1)N1CCN(C2CCN(c3ccccc3)C2=O)CC1. The summed E-state index contributed by atoms with van der Waals surface area (Å²) in [5.74, 6) is 0.201. The van der Waals surface area contributed by atoms with Crippen LogP contribution in [0.2, 0.25) is 0 Å². The van der Waals surface area contributed by atoms with E-state index < -0.39 is 6.04 Å². The van der Waals surface area contributed by atoms with Crippen LogP contribution in [0, 0.1) is 0 Å². The molecule has 32 heavy (non-hydrogen) atoms. The van der Waals surface area contributed by atoms with Crippen LogP contribution >= 0.6 is 0 Å². The van der Waals surface area contributed by atoms with Gasteiger partial charge in [0.2, 0.25) is 11.8 Å². The zero-order chi connectivity index (χ0) is 22.1. The molecular weight excluding hydrogens is 408 g/mol. The van der Waals surface area contributed by atoms with E-state index in [1.165, 1.54) is 6.26 Å². The van der Waals surface area contributed by atoms with E-state index in [2.05, 4.69) is 4.90 Å². The lowest BCUT2D eigenvalue weighted by Crippen LogP contribution is -2.57. The van der Waals surface area contributed by atoms with Crippen molar-refractivity contribution < 1.29 is 18.8 Å². The predicted molar refractivity (Wildman–Crippen MR) is 118 cm³/mol. The number of hydrogen-bond acceptors (Lipinski definition) is 5. The van der Waals surface area contributed by atoms with Gasteiger partial charge in [0, 0.05) is 45.0 Å². The number of amides is 3. The lowest BCUT2D eigenvalue weighted by atomic mass is 10.1. The van der Waals surface area contributed by atoms with Gasteiger partial charge in [-0.3, -0.25) is 19.3 Å². The summed E-state index contributed by atoms with van der Waals surface area (Å²) < 4.78 is 5.24. The summed E-state index contributed by atoms with van der Waals surface area (Å²) in [6.07, 6.45) is 3.77. The third kappa shape index (κ3) is 3.79. The molecule has 3 fully saturated rings.